The van der Waals surface area contributed by atoms with Crippen molar-refractivity contribution in [3.05, 3.63) is 0 Å². The van der Waals surface area contributed by atoms with Gasteiger partial charge in [0.2, 0.25) is 0 Å². The summed E-state index contributed by atoms with van der Waals surface area (Å²) in [6, 6.07) is 0. The molecule has 0 saturated heterocycles. The van der Waals surface area contributed by atoms with E-state index in [1.54, 1.807) is 11.8 Å². The molecule has 0 aliphatic carbocycles. The first-order chi connectivity index (χ1) is 3.31. The maximum atomic E-state index is 4.93. The van der Waals surface area contributed by atoms with Crippen LogP contribution < -0.4 is 5.84 Å². The molecule has 0 aromatic rings. The van der Waals surface area contributed by atoms with E-state index in [0.29, 0.717) is 0 Å². The second-order valence-electron chi connectivity index (χ2n) is 1.30. The molecule has 2 N–H and O–H groups in total. The van der Waals surface area contributed by atoms with Crippen molar-refractivity contribution in [1.82, 2.24) is 0 Å². The van der Waals surface area contributed by atoms with E-state index in [1.807, 2.05) is 13.2 Å². The van der Waals surface area contributed by atoms with Gasteiger partial charge in [0.1, 0.15) is 0 Å². The van der Waals surface area contributed by atoms with Crippen molar-refractivity contribution in [3.8, 4) is 0 Å². The summed E-state index contributed by atoms with van der Waals surface area (Å²) in [6.07, 6.45) is 2.02. The van der Waals surface area contributed by atoms with Gasteiger partial charge in [-0.3, -0.25) is 0 Å². The Morgan fingerprint density at radius 2 is 2.43 bits per heavy atom. The van der Waals surface area contributed by atoms with Gasteiger partial charge in [-0.2, -0.15) is 16.9 Å². The molecule has 0 bridgehead atoms. The zero-order chi connectivity index (χ0) is 5.70. The van der Waals surface area contributed by atoms with Crippen LogP contribution in [0.15, 0.2) is 5.10 Å². The molecular weight excluding hydrogens is 108 g/mol. The minimum atomic E-state index is 0.941. The van der Waals surface area contributed by atoms with Gasteiger partial charge in [-0.25, -0.2) is 0 Å². The lowest BCUT2D eigenvalue weighted by Crippen LogP contribution is -1.97. The number of nitrogens with zero attached hydrogens (tertiary/aromatic N) is 1. The summed E-state index contributed by atoms with van der Waals surface area (Å²) in [4.78, 5) is 0. The highest BCUT2D eigenvalue weighted by molar-refractivity contribution is 7.99. The van der Waals surface area contributed by atoms with Gasteiger partial charge in [0.25, 0.3) is 0 Å². The Morgan fingerprint density at radius 3 is 2.57 bits per heavy atom. The van der Waals surface area contributed by atoms with Gasteiger partial charge < -0.3 is 5.84 Å². The average molecular weight is 118 g/mol. The van der Waals surface area contributed by atoms with E-state index in [1.165, 1.54) is 0 Å². The molecule has 3 heteroatoms. The maximum absolute atomic E-state index is 4.93. The summed E-state index contributed by atoms with van der Waals surface area (Å²) < 4.78 is 0. The number of rotatable bonds is 2. The Kier molecular flexibility index (Phi) is 3.89. The van der Waals surface area contributed by atoms with E-state index in [4.69, 9.17) is 5.84 Å². The van der Waals surface area contributed by atoms with Gasteiger partial charge in [0, 0.05) is 11.5 Å². The molecule has 0 aromatic heterocycles. The molecule has 0 atom stereocenters. The fourth-order valence-corrected chi connectivity index (χ4v) is 0.738. The quantitative estimate of drug-likeness (QED) is 0.329. The summed E-state index contributed by atoms with van der Waals surface area (Å²) in [6.45, 7) is 1.91. The molecule has 0 aromatic carbocycles. The molecule has 0 unspecified atom stereocenters. The van der Waals surface area contributed by atoms with Crippen molar-refractivity contribution in [2.24, 2.45) is 10.9 Å². The molecule has 42 valence electrons. The normalized spacial score (nSPS) is 12.0. The van der Waals surface area contributed by atoms with E-state index in [9.17, 15) is 0 Å². The number of hydrogen-bond donors (Lipinski definition) is 1. The molecular formula is C4H10N2S. The standard InChI is InChI=1S/C4H10N2S/c1-4(6-5)3-7-2/h3,5H2,1-2H3. The third-order valence-corrected chi connectivity index (χ3v) is 1.28. The summed E-state index contributed by atoms with van der Waals surface area (Å²) in [5.41, 5.74) is 0.993. The highest BCUT2D eigenvalue weighted by Gasteiger charge is 1.83. The van der Waals surface area contributed by atoms with Crippen molar-refractivity contribution in [1.29, 1.82) is 0 Å². The van der Waals surface area contributed by atoms with Gasteiger partial charge in [-0.1, -0.05) is 0 Å². The van der Waals surface area contributed by atoms with Crippen LogP contribution in [0.4, 0.5) is 0 Å². The first-order valence-corrected chi connectivity index (χ1v) is 3.43. The smallest absolute Gasteiger partial charge is 0.0443 e. The first-order valence-electron chi connectivity index (χ1n) is 2.03. The summed E-state index contributed by atoms with van der Waals surface area (Å²) in [7, 11) is 0. The van der Waals surface area contributed by atoms with E-state index in [2.05, 4.69) is 5.10 Å². The number of thioether (sulfide) groups is 1. The Hall–Kier alpha value is -0.180. The van der Waals surface area contributed by atoms with Crippen LogP contribution in [0.1, 0.15) is 6.92 Å². The molecule has 7 heavy (non-hydrogen) atoms. The van der Waals surface area contributed by atoms with Crippen molar-refractivity contribution in [2.45, 2.75) is 6.92 Å². The minimum Gasteiger partial charge on any atom is -0.323 e. The zero-order valence-electron chi connectivity index (χ0n) is 4.64. The second kappa shape index (κ2) is 3.99. The van der Waals surface area contributed by atoms with Gasteiger partial charge in [-0.15, -0.1) is 0 Å². The first kappa shape index (κ1) is 6.82. The number of nitrogens with two attached hydrogens (primary N) is 1. The fraction of sp³-hybridized carbons (Fsp3) is 0.750. The number of hydrazone groups is 1. The predicted octanol–water partition coefficient (Wildman–Crippen LogP) is 0.684. The van der Waals surface area contributed by atoms with Crippen molar-refractivity contribution in [2.75, 3.05) is 12.0 Å². The maximum Gasteiger partial charge on any atom is 0.0443 e. The SMILES string of the molecule is CSCC(C)=NN. The highest BCUT2D eigenvalue weighted by atomic mass is 32.2. The van der Waals surface area contributed by atoms with Crippen molar-refractivity contribution in [3.63, 3.8) is 0 Å². The van der Waals surface area contributed by atoms with Gasteiger partial charge in [-0.05, 0) is 13.2 Å². The average Bonchev–Trinajstić information content (AvgIpc) is 1.68. The summed E-state index contributed by atoms with van der Waals surface area (Å²) in [5.74, 6) is 5.87. The molecule has 0 radical (unpaired) electrons. The molecule has 0 saturated carbocycles. The molecule has 0 fully saturated rings. The van der Waals surface area contributed by atoms with Gasteiger partial charge in [0.15, 0.2) is 0 Å². The Bertz CT molecular complexity index is 70.1. The van der Waals surface area contributed by atoms with E-state index in [-0.39, 0.29) is 0 Å². The minimum absolute atomic E-state index is 0.941. The van der Waals surface area contributed by atoms with E-state index >= 15 is 0 Å². The van der Waals surface area contributed by atoms with Crippen molar-refractivity contribution < 1.29 is 0 Å². The Labute approximate surface area is 48.2 Å². The largest absolute Gasteiger partial charge is 0.323 e. The third kappa shape index (κ3) is 3.66. The number of hydrogen-bond acceptors (Lipinski definition) is 3. The molecule has 2 nitrogen and oxygen atoms in total. The molecule has 0 heterocycles. The topological polar surface area (TPSA) is 38.4 Å². The van der Waals surface area contributed by atoms with Crippen LogP contribution >= 0.6 is 11.8 Å². The Balaban J connectivity index is 3.17. The van der Waals surface area contributed by atoms with E-state index in [0.717, 1.165) is 11.5 Å². The zero-order valence-corrected chi connectivity index (χ0v) is 5.46. The van der Waals surface area contributed by atoms with Crippen LogP contribution in [0.5, 0.6) is 0 Å². The van der Waals surface area contributed by atoms with Crippen LogP contribution in [0.25, 0.3) is 0 Å². The molecule has 0 amide bonds. The van der Waals surface area contributed by atoms with Crippen LogP contribution in [-0.4, -0.2) is 17.7 Å². The van der Waals surface area contributed by atoms with Gasteiger partial charge in [0.05, 0.1) is 0 Å². The van der Waals surface area contributed by atoms with Crippen molar-refractivity contribution >= 4 is 17.5 Å². The predicted molar refractivity (Wildman–Crippen MR) is 35.7 cm³/mol. The van der Waals surface area contributed by atoms with Crippen LogP contribution in [-0.2, 0) is 0 Å². The summed E-state index contributed by atoms with van der Waals surface area (Å²) >= 11 is 1.72. The van der Waals surface area contributed by atoms with E-state index < -0.39 is 0 Å². The molecule has 0 aliphatic rings. The summed E-state index contributed by atoms with van der Waals surface area (Å²) in [5, 5.41) is 3.47. The molecule has 0 rings (SSSR count). The lowest BCUT2D eigenvalue weighted by molar-refractivity contribution is 1.23. The van der Waals surface area contributed by atoms with Crippen LogP contribution in [0.2, 0.25) is 0 Å². The second-order valence-corrected chi connectivity index (χ2v) is 2.16. The van der Waals surface area contributed by atoms with Gasteiger partial charge >= 0.3 is 0 Å². The van der Waals surface area contributed by atoms with Crippen LogP contribution in [0, 0.1) is 0 Å². The lowest BCUT2D eigenvalue weighted by atomic mass is 10.5. The third-order valence-electron chi connectivity index (χ3n) is 0.574. The van der Waals surface area contributed by atoms with Crippen LogP contribution in [0.3, 0.4) is 0 Å². The molecule has 0 aliphatic heterocycles. The Morgan fingerprint density at radius 1 is 1.86 bits per heavy atom. The lowest BCUT2D eigenvalue weighted by Gasteiger charge is -1.89. The molecule has 0 spiro atoms. The monoisotopic (exact) mass is 118 g/mol. The highest BCUT2D eigenvalue weighted by Crippen LogP contribution is 1.90. The fourth-order valence-electron chi connectivity index (χ4n) is 0.246.